The van der Waals surface area contributed by atoms with Crippen molar-refractivity contribution in [2.75, 3.05) is 29.9 Å². The summed E-state index contributed by atoms with van der Waals surface area (Å²) in [6, 6.07) is 7.43. The Bertz CT molecular complexity index is 620. The molecule has 1 fully saturated rings. The Labute approximate surface area is 126 Å². The predicted octanol–water partition coefficient (Wildman–Crippen LogP) is 1.55. The molecule has 0 radical (unpaired) electrons. The van der Waals surface area contributed by atoms with Crippen LogP contribution in [0.4, 0.5) is 10.5 Å². The monoisotopic (exact) mass is 304 g/mol. The molecule has 1 aliphatic heterocycles. The van der Waals surface area contributed by atoms with E-state index >= 15 is 0 Å². The fourth-order valence-corrected chi connectivity index (χ4v) is 3.03. The van der Waals surface area contributed by atoms with Gasteiger partial charge in [-0.15, -0.1) is 5.10 Å². The molecule has 2 amide bonds. The van der Waals surface area contributed by atoms with E-state index in [-0.39, 0.29) is 6.03 Å². The zero-order chi connectivity index (χ0) is 14.7. The maximum absolute atomic E-state index is 12.1. The van der Waals surface area contributed by atoms with E-state index in [1.54, 1.807) is 4.68 Å². The summed E-state index contributed by atoms with van der Waals surface area (Å²) < 4.78 is 1.65. The van der Waals surface area contributed by atoms with E-state index in [1.807, 2.05) is 47.9 Å². The van der Waals surface area contributed by atoms with Gasteiger partial charge >= 0.3 is 6.03 Å². The summed E-state index contributed by atoms with van der Waals surface area (Å²) in [6.07, 6.45) is 0. The summed E-state index contributed by atoms with van der Waals surface area (Å²) in [5.41, 5.74) is 1.64. The number of hydrogen-bond acceptors (Lipinski definition) is 5. The Morgan fingerprint density at radius 2 is 1.95 bits per heavy atom. The number of nitrogens with one attached hydrogen (secondary N) is 1. The van der Waals surface area contributed by atoms with Crippen LogP contribution in [0.1, 0.15) is 5.82 Å². The SMILES string of the molecule is Cc1nnnn1-c1ccc(NC(=O)N2CCSCC2)cc1. The average molecular weight is 304 g/mol. The van der Waals surface area contributed by atoms with Crippen LogP contribution in [-0.2, 0) is 0 Å². The second-order valence-corrected chi connectivity index (χ2v) is 5.94. The van der Waals surface area contributed by atoms with Gasteiger partial charge in [0.25, 0.3) is 0 Å². The van der Waals surface area contributed by atoms with Gasteiger partial charge in [-0.1, -0.05) is 0 Å². The highest BCUT2D eigenvalue weighted by atomic mass is 32.2. The summed E-state index contributed by atoms with van der Waals surface area (Å²) in [7, 11) is 0. The van der Waals surface area contributed by atoms with Crippen molar-refractivity contribution in [3.05, 3.63) is 30.1 Å². The standard InChI is InChI=1S/C13H16N6OS/c1-10-15-16-17-19(10)12-4-2-11(3-5-12)14-13(20)18-6-8-21-9-7-18/h2-5H,6-9H2,1H3,(H,14,20). The Morgan fingerprint density at radius 3 is 2.57 bits per heavy atom. The zero-order valence-electron chi connectivity index (χ0n) is 11.7. The van der Waals surface area contributed by atoms with Crippen LogP contribution in [0.3, 0.4) is 0 Å². The van der Waals surface area contributed by atoms with Gasteiger partial charge in [-0.2, -0.15) is 16.4 Å². The first-order chi connectivity index (χ1) is 10.2. The first kappa shape index (κ1) is 13.9. The molecule has 0 spiro atoms. The molecule has 21 heavy (non-hydrogen) atoms. The fourth-order valence-electron chi connectivity index (χ4n) is 2.13. The molecule has 2 aromatic rings. The van der Waals surface area contributed by atoms with Crippen LogP contribution < -0.4 is 5.32 Å². The minimum Gasteiger partial charge on any atom is -0.323 e. The van der Waals surface area contributed by atoms with Crippen molar-refractivity contribution in [1.82, 2.24) is 25.1 Å². The highest BCUT2D eigenvalue weighted by Crippen LogP contribution is 2.15. The number of carbonyl (C=O) groups excluding carboxylic acids is 1. The van der Waals surface area contributed by atoms with Crippen LogP contribution in [0.5, 0.6) is 0 Å². The number of anilines is 1. The Balaban J connectivity index is 1.67. The second-order valence-electron chi connectivity index (χ2n) is 4.71. The third-order valence-electron chi connectivity index (χ3n) is 3.29. The summed E-state index contributed by atoms with van der Waals surface area (Å²) in [6.45, 7) is 3.45. The molecule has 1 aliphatic rings. The normalized spacial score (nSPS) is 15.0. The van der Waals surface area contributed by atoms with E-state index in [2.05, 4.69) is 20.8 Å². The lowest BCUT2D eigenvalue weighted by Crippen LogP contribution is -2.40. The first-order valence-corrected chi connectivity index (χ1v) is 7.88. The number of carbonyl (C=O) groups is 1. The largest absolute Gasteiger partial charge is 0.323 e. The van der Waals surface area contributed by atoms with Gasteiger partial charge in [-0.05, 0) is 41.6 Å². The lowest BCUT2D eigenvalue weighted by Gasteiger charge is -2.26. The molecule has 7 nitrogen and oxygen atoms in total. The topological polar surface area (TPSA) is 75.9 Å². The highest BCUT2D eigenvalue weighted by molar-refractivity contribution is 7.99. The molecule has 0 saturated carbocycles. The fraction of sp³-hybridized carbons (Fsp3) is 0.385. The van der Waals surface area contributed by atoms with Crippen LogP contribution in [0.2, 0.25) is 0 Å². The second kappa shape index (κ2) is 6.13. The zero-order valence-corrected chi connectivity index (χ0v) is 12.5. The number of urea groups is 1. The van der Waals surface area contributed by atoms with Crippen LogP contribution >= 0.6 is 11.8 Å². The van der Waals surface area contributed by atoms with Crippen LogP contribution in [-0.4, -0.2) is 55.7 Å². The Hall–Kier alpha value is -2.09. The Kier molecular flexibility index (Phi) is 4.05. The third kappa shape index (κ3) is 3.15. The van der Waals surface area contributed by atoms with Crippen molar-refractivity contribution in [1.29, 1.82) is 0 Å². The number of thioether (sulfide) groups is 1. The van der Waals surface area contributed by atoms with Gasteiger partial charge in [0, 0.05) is 30.3 Å². The summed E-state index contributed by atoms with van der Waals surface area (Å²) >= 11 is 1.88. The van der Waals surface area contributed by atoms with E-state index in [1.165, 1.54) is 0 Å². The molecule has 1 aromatic heterocycles. The lowest BCUT2D eigenvalue weighted by molar-refractivity contribution is 0.217. The number of amides is 2. The molecule has 3 rings (SSSR count). The molecule has 1 saturated heterocycles. The molecular weight excluding hydrogens is 288 g/mol. The maximum Gasteiger partial charge on any atom is 0.321 e. The van der Waals surface area contributed by atoms with Gasteiger partial charge in [-0.25, -0.2) is 4.79 Å². The average Bonchev–Trinajstić information content (AvgIpc) is 2.95. The van der Waals surface area contributed by atoms with E-state index in [0.717, 1.165) is 41.8 Å². The summed E-state index contributed by atoms with van der Waals surface area (Å²) in [5.74, 6) is 2.73. The van der Waals surface area contributed by atoms with Crippen molar-refractivity contribution in [3.63, 3.8) is 0 Å². The third-order valence-corrected chi connectivity index (χ3v) is 4.23. The van der Waals surface area contributed by atoms with Crippen molar-refractivity contribution in [2.45, 2.75) is 6.92 Å². The molecule has 0 atom stereocenters. The van der Waals surface area contributed by atoms with E-state index in [9.17, 15) is 4.79 Å². The van der Waals surface area contributed by atoms with Gasteiger partial charge in [-0.3, -0.25) is 0 Å². The first-order valence-electron chi connectivity index (χ1n) is 6.73. The highest BCUT2D eigenvalue weighted by Gasteiger charge is 2.16. The lowest BCUT2D eigenvalue weighted by atomic mass is 10.3. The minimum atomic E-state index is -0.0401. The van der Waals surface area contributed by atoms with Crippen molar-refractivity contribution >= 4 is 23.5 Å². The smallest absolute Gasteiger partial charge is 0.321 e. The number of aromatic nitrogens is 4. The molecular formula is C13H16N6OS. The molecule has 1 aromatic carbocycles. The number of nitrogens with zero attached hydrogens (tertiary/aromatic N) is 5. The number of aryl methyl sites for hydroxylation is 1. The maximum atomic E-state index is 12.1. The summed E-state index contributed by atoms with van der Waals surface area (Å²) in [4.78, 5) is 13.9. The van der Waals surface area contributed by atoms with E-state index in [4.69, 9.17) is 0 Å². The molecule has 8 heteroatoms. The summed E-state index contributed by atoms with van der Waals surface area (Å²) in [5, 5.41) is 14.3. The minimum absolute atomic E-state index is 0.0401. The predicted molar refractivity (Wildman–Crippen MR) is 81.8 cm³/mol. The van der Waals surface area contributed by atoms with Crippen molar-refractivity contribution in [3.8, 4) is 5.69 Å². The van der Waals surface area contributed by atoms with Crippen LogP contribution in [0.15, 0.2) is 24.3 Å². The molecule has 0 aliphatic carbocycles. The van der Waals surface area contributed by atoms with E-state index < -0.39 is 0 Å². The molecule has 0 bridgehead atoms. The molecule has 2 heterocycles. The van der Waals surface area contributed by atoms with E-state index in [0.29, 0.717) is 0 Å². The van der Waals surface area contributed by atoms with Crippen LogP contribution in [0, 0.1) is 6.92 Å². The van der Waals surface area contributed by atoms with Gasteiger partial charge < -0.3 is 10.2 Å². The molecule has 1 N–H and O–H groups in total. The van der Waals surface area contributed by atoms with Crippen molar-refractivity contribution < 1.29 is 4.79 Å². The van der Waals surface area contributed by atoms with Gasteiger partial charge in [0.15, 0.2) is 5.82 Å². The number of rotatable bonds is 2. The number of tetrazole rings is 1. The molecule has 110 valence electrons. The number of benzene rings is 1. The van der Waals surface area contributed by atoms with Gasteiger partial charge in [0.2, 0.25) is 0 Å². The van der Waals surface area contributed by atoms with Crippen molar-refractivity contribution in [2.24, 2.45) is 0 Å². The van der Waals surface area contributed by atoms with Gasteiger partial charge in [0.1, 0.15) is 0 Å². The van der Waals surface area contributed by atoms with Gasteiger partial charge in [0.05, 0.1) is 5.69 Å². The quantitative estimate of drug-likeness (QED) is 0.911. The number of hydrogen-bond donors (Lipinski definition) is 1. The molecule has 0 unspecified atom stereocenters. The van der Waals surface area contributed by atoms with Crippen LogP contribution in [0.25, 0.3) is 5.69 Å². The Morgan fingerprint density at radius 1 is 1.24 bits per heavy atom.